The number of H-pyrrole nitrogens is 1. The van der Waals surface area contributed by atoms with Gasteiger partial charge in [0.15, 0.2) is 19.1 Å². The van der Waals surface area contributed by atoms with Crippen molar-refractivity contribution in [2.75, 3.05) is 42.6 Å². The largest absolute Gasteiger partial charge is 0.360 e. The summed E-state index contributed by atoms with van der Waals surface area (Å²) in [6.07, 6.45) is 3.86. The monoisotopic (exact) mass is 324 g/mol. The van der Waals surface area contributed by atoms with Gasteiger partial charge in [0.25, 0.3) is 5.78 Å². The number of aromatic amines is 1. The molecule has 0 unspecified atom stereocenters. The molecule has 1 fully saturated rings. The number of nitrogens with zero attached hydrogens (tertiary/aromatic N) is 2. The Bertz CT molecular complexity index is 770. The van der Waals surface area contributed by atoms with Gasteiger partial charge in [-0.15, -0.1) is 0 Å². The van der Waals surface area contributed by atoms with E-state index in [1.54, 1.807) is 17.0 Å². The molecule has 0 spiro atoms. The molecule has 24 heavy (non-hydrogen) atoms. The van der Waals surface area contributed by atoms with E-state index in [1.165, 1.54) is 10.6 Å². The molecule has 4 rings (SSSR count). The SMILES string of the molecule is O=C1C(=O)N(C[NH+]2CCN(c3cc[nH+]cc3)CC2)c2ccccc21. The number of fused-ring (bicyclic) bond motifs is 1. The zero-order valence-electron chi connectivity index (χ0n) is 13.4. The second kappa shape index (κ2) is 6.05. The van der Waals surface area contributed by atoms with Crippen molar-refractivity contribution in [2.45, 2.75) is 0 Å². The number of carbonyl (C=O) groups is 2. The molecule has 1 amide bonds. The van der Waals surface area contributed by atoms with Gasteiger partial charge in [-0.05, 0) is 12.1 Å². The summed E-state index contributed by atoms with van der Waals surface area (Å²) in [5, 5.41) is 0. The molecule has 2 N–H and O–H groups in total. The minimum Gasteiger partial charge on any atom is -0.360 e. The molecule has 6 nitrogen and oxygen atoms in total. The van der Waals surface area contributed by atoms with Gasteiger partial charge in [-0.25, -0.2) is 4.98 Å². The quantitative estimate of drug-likeness (QED) is 0.767. The Morgan fingerprint density at radius 3 is 2.46 bits per heavy atom. The van der Waals surface area contributed by atoms with Crippen LogP contribution in [0.15, 0.2) is 48.8 Å². The Morgan fingerprint density at radius 1 is 1.00 bits per heavy atom. The van der Waals surface area contributed by atoms with Crippen LogP contribution in [0.4, 0.5) is 11.4 Å². The van der Waals surface area contributed by atoms with Crippen LogP contribution in [0.3, 0.4) is 0 Å². The summed E-state index contributed by atoms with van der Waals surface area (Å²) in [4.78, 5) is 32.7. The smallest absolute Gasteiger partial charge is 0.303 e. The molecule has 122 valence electrons. The van der Waals surface area contributed by atoms with E-state index in [2.05, 4.69) is 22.0 Å². The summed E-state index contributed by atoms with van der Waals surface area (Å²) in [5.41, 5.74) is 2.49. The first kappa shape index (κ1) is 14.8. The maximum atomic E-state index is 12.3. The fraction of sp³-hybridized carbons (Fsp3) is 0.278. The molecule has 0 radical (unpaired) electrons. The van der Waals surface area contributed by atoms with Crippen molar-refractivity contribution >= 4 is 23.1 Å². The number of pyridine rings is 1. The van der Waals surface area contributed by atoms with Crippen molar-refractivity contribution in [1.29, 1.82) is 0 Å². The number of piperazine rings is 1. The maximum Gasteiger partial charge on any atom is 0.303 e. The van der Waals surface area contributed by atoms with E-state index in [1.807, 2.05) is 24.5 Å². The highest BCUT2D eigenvalue weighted by Crippen LogP contribution is 2.27. The number of anilines is 2. The van der Waals surface area contributed by atoms with Crippen LogP contribution in [0.1, 0.15) is 10.4 Å². The van der Waals surface area contributed by atoms with Gasteiger partial charge < -0.3 is 9.80 Å². The number of nitrogens with one attached hydrogen (secondary N) is 2. The molecule has 0 bridgehead atoms. The molecular formula is C18H20N4O2+2. The van der Waals surface area contributed by atoms with Crippen molar-refractivity contribution in [2.24, 2.45) is 0 Å². The number of hydrogen-bond acceptors (Lipinski definition) is 3. The summed E-state index contributed by atoms with van der Waals surface area (Å²) in [5.74, 6) is -0.783. The molecule has 0 aliphatic carbocycles. The number of para-hydroxylation sites is 1. The van der Waals surface area contributed by atoms with Gasteiger partial charge in [0, 0.05) is 17.8 Å². The summed E-state index contributed by atoms with van der Waals surface area (Å²) in [7, 11) is 0. The molecule has 1 saturated heterocycles. The second-order valence-corrected chi connectivity index (χ2v) is 6.23. The molecule has 2 aromatic rings. The van der Waals surface area contributed by atoms with Crippen LogP contribution >= 0.6 is 0 Å². The lowest BCUT2D eigenvalue weighted by atomic mass is 10.1. The van der Waals surface area contributed by atoms with E-state index in [0.717, 1.165) is 31.9 Å². The standard InChI is InChI=1S/C18H18N4O2/c23-17-15-3-1-2-4-16(15)22(18(17)24)13-20-9-11-21(12-10-20)14-5-7-19-8-6-14/h1-8H,9-13H2/p+2. The summed E-state index contributed by atoms with van der Waals surface area (Å²) in [6, 6.07) is 11.4. The lowest BCUT2D eigenvalue weighted by Crippen LogP contribution is -3.16. The highest BCUT2D eigenvalue weighted by molar-refractivity contribution is 6.52. The number of Topliss-reactive ketones (excluding diaryl/α,β-unsaturated/α-hetero) is 1. The van der Waals surface area contributed by atoms with E-state index >= 15 is 0 Å². The second-order valence-electron chi connectivity index (χ2n) is 6.23. The van der Waals surface area contributed by atoms with Crippen LogP contribution in [0.2, 0.25) is 0 Å². The van der Waals surface area contributed by atoms with Gasteiger partial charge in [-0.3, -0.25) is 14.5 Å². The maximum absolute atomic E-state index is 12.3. The molecule has 0 saturated carbocycles. The zero-order chi connectivity index (χ0) is 16.5. The summed E-state index contributed by atoms with van der Waals surface area (Å²) in [6.45, 7) is 4.32. The minimum absolute atomic E-state index is 0.385. The molecule has 3 heterocycles. The number of hydrogen-bond donors (Lipinski definition) is 1. The predicted octanol–water partition coefficient (Wildman–Crippen LogP) is -0.607. The van der Waals surface area contributed by atoms with Crippen molar-refractivity contribution < 1.29 is 19.5 Å². The fourth-order valence-electron chi connectivity index (χ4n) is 3.46. The molecular weight excluding hydrogens is 304 g/mol. The van der Waals surface area contributed by atoms with Gasteiger partial charge in [0.2, 0.25) is 0 Å². The minimum atomic E-state index is -0.398. The first-order valence-electron chi connectivity index (χ1n) is 8.24. The van der Waals surface area contributed by atoms with Gasteiger partial charge in [-0.2, -0.15) is 0 Å². The van der Waals surface area contributed by atoms with Crippen LogP contribution in [-0.2, 0) is 4.79 Å². The Kier molecular flexibility index (Phi) is 3.74. The van der Waals surface area contributed by atoms with Crippen LogP contribution in [-0.4, -0.2) is 44.5 Å². The molecule has 6 heteroatoms. The molecule has 1 aromatic carbocycles. The third-order valence-electron chi connectivity index (χ3n) is 4.80. The number of benzene rings is 1. The topological polar surface area (TPSA) is 59.2 Å². The molecule has 2 aliphatic heterocycles. The van der Waals surface area contributed by atoms with Gasteiger partial charge in [0.1, 0.15) is 0 Å². The zero-order valence-corrected chi connectivity index (χ0v) is 13.4. The van der Waals surface area contributed by atoms with Crippen LogP contribution in [0.5, 0.6) is 0 Å². The van der Waals surface area contributed by atoms with Gasteiger partial charge in [0.05, 0.1) is 37.4 Å². The number of rotatable bonds is 3. The third kappa shape index (κ3) is 2.55. The van der Waals surface area contributed by atoms with E-state index < -0.39 is 5.91 Å². The normalized spacial score (nSPS) is 18.2. The average molecular weight is 324 g/mol. The average Bonchev–Trinajstić information content (AvgIpc) is 2.88. The first-order valence-corrected chi connectivity index (χ1v) is 8.24. The number of quaternary nitrogens is 1. The summed E-state index contributed by atoms with van der Waals surface area (Å²) < 4.78 is 0. The number of amides is 1. The Hall–Kier alpha value is -2.73. The van der Waals surface area contributed by atoms with Crippen molar-refractivity contribution in [3.05, 3.63) is 54.4 Å². The Labute approximate surface area is 140 Å². The summed E-state index contributed by atoms with van der Waals surface area (Å²) >= 11 is 0. The van der Waals surface area contributed by atoms with E-state index in [0.29, 0.717) is 12.2 Å². The molecule has 1 aromatic heterocycles. The van der Waals surface area contributed by atoms with Crippen molar-refractivity contribution in [1.82, 2.24) is 0 Å². The van der Waals surface area contributed by atoms with Gasteiger partial charge in [-0.1, -0.05) is 12.1 Å². The lowest BCUT2D eigenvalue weighted by molar-refractivity contribution is -0.899. The number of aromatic nitrogens is 1. The number of carbonyl (C=O) groups excluding carboxylic acids is 2. The van der Waals surface area contributed by atoms with Crippen molar-refractivity contribution in [3.8, 4) is 0 Å². The van der Waals surface area contributed by atoms with Crippen LogP contribution in [0, 0.1) is 0 Å². The van der Waals surface area contributed by atoms with E-state index in [4.69, 9.17) is 0 Å². The van der Waals surface area contributed by atoms with Gasteiger partial charge >= 0.3 is 5.91 Å². The van der Waals surface area contributed by atoms with Crippen LogP contribution < -0.4 is 19.7 Å². The van der Waals surface area contributed by atoms with E-state index in [9.17, 15) is 9.59 Å². The lowest BCUT2D eigenvalue weighted by Gasteiger charge is -2.34. The highest BCUT2D eigenvalue weighted by atomic mass is 16.2. The third-order valence-corrected chi connectivity index (χ3v) is 4.80. The predicted molar refractivity (Wildman–Crippen MR) is 89.0 cm³/mol. The van der Waals surface area contributed by atoms with Crippen molar-refractivity contribution in [3.63, 3.8) is 0 Å². The van der Waals surface area contributed by atoms with E-state index in [-0.39, 0.29) is 5.78 Å². The molecule has 0 atom stereocenters. The highest BCUT2D eigenvalue weighted by Gasteiger charge is 2.38. The first-order chi connectivity index (χ1) is 11.7. The fourth-order valence-corrected chi connectivity index (χ4v) is 3.46. The number of ketones is 1. The van der Waals surface area contributed by atoms with Crippen LogP contribution in [0.25, 0.3) is 0 Å². The Balaban J connectivity index is 1.43. The Morgan fingerprint density at radius 2 is 1.71 bits per heavy atom. The molecule has 2 aliphatic rings.